The van der Waals surface area contributed by atoms with Crippen molar-refractivity contribution in [3.05, 3.63) is 17.0 Å². The Morgan fingerprint density at radius 2 is 2.18 bits per heavy atom. The second kappa shape index (κ2) is 6.39. The van der Waals surface area contributed by atoms with Gasteiger partial charge in [0, 0.05) is 18.7 Å². The minimum absolute atomic E-state index is 0.0246. The number of likely N-dealkylation sites (N-methyl/N-ethyl adjacent to an activating group) is 2. The summed E-state index contributed by atoms with van der Waals surface area (Å²) in [6.07, 6.45) is 1.41. The molecule has 0 saturated heterocycles. The predicted molar refractivity (Wildman–Crippen MR) is 68.3 cm³/mol. The molecule has 94 valence electrons. The van der Waals surface area contributed by atoms with E-state index in [4.69, 9.17) is 11.6 Å². The molecule has 1 aromatic rings. The second-order valence-electron chi connectivity index (χ2n) is 3.58. The smallest absolute Gasteiger partial charge is 0.239 e. The summed E-state index contributed by atoms with van der Waals surface area (Å²) in [6, 6.07) is 0. The first-order valence-corrected chi connectivity index (χ1v) is 5.96. The normalized spacial score (nSPS) is 10.1. The number of hydrogen-bond donors (Lipinski definition) is 1. The van der Waals surface area contributed by atoms with Crippen LogP contribution < -0.4 is 10.2 Å². The molecule has 0 bridgehead atoms. The highest BCUT2D eigenvalue weighted by atomic mass is 35.5. The third-order valence-electron chi connectivity index (χ3n) is 2.39. The molecule has 0 aliphatic heterocycles. The lowest BCUT2D eigenvalue weighted by molar-refractivity contribution is -0.119. The van der Waals surface area contributed by atoms with Crippen LogP contribution in [0.1, 0.15) is 19.4 Å². The van der Waals surface area contributed by atoms with Crippen molar-refractivity contribution in [3.63, 3.8) is 0 Å². The Balaban J connectivity index is 2.86. The van der Waals surface area contributed by atoms with E-state index in [2.05, 4.69) is 15.3 Å². The molecule has 0 saturated carbocycles. The van der Waals surface area contributed by atoms with Gasteiger partial charge in [-0.05, 0) is 20.8 Å². The zero-order valence-electron chi connectivity index (χ0n) is 10.3. The monoisotopic (exact) mass is 256 g/mol. The maximum atomic E-state index is 11.6. The van der Waals surface area contributed by atoms with Gasteiger partial charge < -0.3 is 10.2 Å². The fraction of sp³-hybridized carbons (Fsp3) is 0.545. The number of carbonyl (C=O) groups is 1. The predicted octanol–water partition coefficient (Wildman–Crippen LogP) is 1.40. The number of carbonyl (C=O) groups excluding carboxylic acids is 1. The molecule has 17 heavy (non-hydrogen) atoms. The van der Waals surface area contributed by atoms with Gasteiger partial charge in [-0.15, -0.1) is 0 Å². The molecule has 1 rings (SSSR count). The number of nitrogens with one attached hydrogen (secondary N) is 1. The molecule has 0 radical (unpaired) electrons. The van der Waals surface area contributed by atoms with Gasteiger partial charge in [0.2, 0.25) is 5.91 Å². The molecule has 0 aromatic carbocycles. The van der Waals surface area contributed by atoms with Crippen LogP contribution in [0.5, 0.6) is 0 Å². The van der Waals surface area contributed by atoms with Crippen molar-refractivity contribution in [2.45, 2.75) is 20.8 Å². The molecular formula is C11H17ClN4O. The maximum Gasteiger partial charge on any atom is 0.239 e. The summed E-state index contributed by atoms with van der Waals surface area (Å²) in [7, 11) is 0. The SMILES string of the molecule is CCNC(=O)CN(CC)c1ncnc(Cl)c1C. The molecular weight excluding hydrogens is 240 g/mol. The lowest BCUT2D eigenvalue weighted by Crippen LogP contribution is -2.37. The van der Waals surface area contributed by atoms with E-state index in [1.54, 1.807) is 0 Å². The van der Waals surface area contributed by atoms with Crippen LogP contribution in [0.4, 0.5) is 5.82 Å². The van der Waals surface area contributed by atoms with Crippen LogP contribution in [0.25, 0.3) is 0 Å². The number of anilines is 1. The summed E-state index contributed by atoms with van der Waals surface area (Å²) < 4.78 is 0. The zero-order valence-corrected chi connectivity index (χ0v) is 11.1. The molecule has 0 atom stereocenters. The third-order valence-corrected chi connectivity index (χ3v) is 2.77. The van der Waals surface area contributed by atoms with Gasteiger partial charge in [0.05, 0.1) is 6.54 Å². The van der Waals surface area contributed by atoms with Crippen LogP contribution in [0, 0.1) is 6.92 Å². The lowest BCUT2D eigenvalue weighted by Gasteiger charge is -2.22. The van der Waals surface area contributed by atoms with Crippen LogP contribution in [-0.2, 0) is 4.79 Å². The van der Waals surface area contributed by atoms with E-state index in [-0.39, 0.29) is 12.5 Å². The first kappa shape index (κ1) is 13.7. The van der Waals surface area contributed by atoms with Gasteiger partial charge in [0.25, 0.3) is 0 Å². The van der Waals surface area contributed by atoms with E-state index in [1.807, 2.05) is 25.7 Å². The number of halogens is 1. The highest BCUT2D eigenvalue weighted by Gasteiger charge is 2.14. The van der Waals surface area contributed by atoms with Crippen LogP contribution in [0.2, 0.25) is 5.15 Å². The summed E-state index contributed by atoms with van der Waals surface area (Å²) in [4.78, 5) is 21.5. The zero-order chi connectivity index (χ0) is 12.8. The van der Waals surface area contributed by atoms with E-state index in [1.165, 1.54) is 6.33 Å². The largest absolute Gasteiger partial charge is 0.355 e. The summed E-state index contributed by atoms with van der Waals surface area (Å²) in [5.41, 5.74) is 0.792. The number of rotatable bonds is 5. The van der Waals surface area contributed by atoms with E-state index in [9.17, 15) is 4.79 Å². The van der Waals surface area contributed by atoms with Gasteiger partial charge in [-0.3, -0.25) is 4.79 Å². The summed E-state index contributed by atoms with van der Waals surface area (Å²) in [5, 5.41) is 3.18. The molecule has 0 aliphatic carbocycles. The molecule has 6 heteroatoms. The first-order valence-electron chi connectivity index (χ1n) is 5.58. The van der Waals surface area contributed by atoms with Gasteiger partial charge in [-0.2, -0.15) is 0 Å². The second-order valence-corrected chi connectivity index (χ2v) is 3.94. The molecule has 0 spiro atoms. The Bertz CT molecular complexity index is 397. The van der Waals surface area contributed by atoms with Gasteiger partial charge in [0.15, 0.2) is 0 Å². The minimum atomic E-state index is -0.0246. The van der Waals surface area contributed by atoms with E-state index < -0.39 is 0 Å². The molecule has 0 aliphatic rings. The number of amides is 1. The molecule has 1 aromatic heterocycles. The molecule has 0 fully saturated rings. The number of nitrogens with zero attached hydrogens (tertiary/aromatic N) is 3. The highest BCUT2D eigenvalue weighted by molar-refractivity contribution is 6.30. The van der Waals surface area contributed by atoms with Crippen LogP contribution in [0.15, 0.2) is 6.33 Å². The first-order chi connectivity index (χ1) is 8.10. The van der Waals surface area contributed by atoms with Gasteiger partial charge in [0.1, 0.15) is 17.3 Å². The summed E-state index contributed by atoms with van der Waals surface area (Å²) in [5.74, 6) is 0.683. The fourth-order valence-electron chi connectivity index (χ4n) is 1.50. The van der Waals surface area contributed by atoms with E-state index in [0.717, 1.165) is 5.56 Å². The third kappa shape index (κ3) is 3.56. The fourth-order valence-corrected chi connectivity index (χ4v) is 1.63. The quantitative estimate of drug-likeness (QED) is 0.809. The molecule has 1 amide bonds. The van der Waals surface area contributed by atoms with Crippen molar-refractivity contribution in [1.82, 2.24) is 15.3 Å². The van der Waals surface area contributed by atoms with Crippen molar-refractivity contribution in [2.75, 3.05) is 24.5 Å². The highest BCUT2D eigenvalue weighted by Crippen LogP contribution is 2.21. The van der Waals surface area contributed by atoms with Crippen molar-refractivity contribution < 1.29 is 4.79 Å². The van der Waals surface area contributed by atoms with E-state index in [0.29, 0.717) is 24.1 Å². The average molecular weight is 257 g/mol. The summed E-state index contributed by atoms with van der Waals surface area (Å²) >= 11 is 5.93. The topological polar surface area (TPSA) is 58.1 Å². The Morgan fingerprint density at radius 3 is 2.76 bits per heavy atom. The van der Waals surface area contributed by atoms with Gasteiger partial charge in [-0.1, -0.05) is 11.6 Å². The van der Waals surface area contributed by atoms with Crippen LogP contribution in [-0.4, -0.2) is 35.5 Å². The maximum absolute atomic E-state index is 11.6. The summed E-state index contributed by atoms with van der Waals surface area (Å²) in [6.45, 7) is 7.29. The van der Waals surface area contributed by atoms with Crippen molar-refractivity contribution in [2.24, 2.45) is 0 Å². The average Bonchev–Trinajstić information content (AvgIpc) is 2.30. The van der Waals surface area contributed by atoms with Crippen molar-refractivity contribution in [3.8, 4) is 0 Å². The number of aromatic nitrogens is 2. The Hall–Kier alpha value is -1.36. The Labute approximate surface area is 106 Å². The van der Waals surface area contributed by atoms with Gasteiger partial charge in [-0.25, -0.2) is 9.97 Å². The molecule has 1 heterocycles. The van der Waals surface area contributed by atoms with Crippen molar-refractivity contribution in [1.29, 1.82) is 0 Å². The standard InChI is InChI=1S/C11H17ClN4O/c1-4-13-9(17)6-16(5-2)11-8(3)10(12)14-7-15-11/h7H,4-6H2,1-3H3,(H,13,17). The molecule has 0 unspecified atom stereocenters. The Morgan fingerprint density at radius 1 is 1.47 bits per heavy atom. The van der Waals surface area contributed by atoms with Crippen LogP contribution >= 0.6 is 11.6 Å². The molecule has 5 nitrogen and oxygen atoms in total. The van der Waals surface area contributed by atoms with Crippen molar-refractivity contribution >= 4 is 23.3 Å². The van der Waals surface area contributed by atoms with E-state index >= 15 is 0 Å². The van der Waals surface area contributed by atoms with Gasteiger partial charge >= 0.3 is 0 Å². The van der Waals surface area contributed by atoms with Crippen LogP contribution in [0.3, 0.4) is 0 Å². The number of hydrogen-bond acceptors (Lipinski definition) is 4. The Kier molecular flexibility index (Phi) is 5.15. The lowest BCUT2D eigenvalue weighted by atomic mass is 10.3. The minimum Gasteiger partial charge on any atom is -0.355 e. The molecule has 1 N–H and O–H groups in total.